The summed E-state index contributed by atoms with van der Waals surface area (Å²) in [5.41, 5.74) is 0.432. The van der Waals surface area contributed by atoms with Gasteiger partial charge < -0.3 is 5.11 Å². The zero-order chi connectivity index (χ0) is 14.8. The van der Waals surface area contributed by atoms with E-state index in [0.717, 1.165) is 5.56 Å². The molecule has 2 aromatic rings. The number of aliphatic hydroxyl groups is 1. The molecule has 2 atom stereocenters. The molecule has 0 saturated carbocycles. The third-order valence-corrected chi connectivity index (χ3v) is 5.90. The fourth-order valence-corrected chi connectivity index (χ4v) is 5.64. The summed E-state index contributed by atoms with van der Waals surface area (Å²) in [5, 5.41) is 10.6. The second-order valence-corrected chi connectivity index (χ2v) is 11.3. The Morgan fingerprint density at radius 3 is 2.30 bits per heavy atom. The van der Waals surface area contributed by atoms with Crippen molar-refractivity contribution >= 4 is 29.8 Å². The zero-order valence-corrected chi connectivity index (χ0v) is 13.7. The van der Waals surface area contributed by atoms with Crippen molar-refractivity contribution in [1.82, 2.24) is 4.98 Å². The number of aromatic nitrogens is 1. The molecule has 1 aromatic carbocycles. The van der Waals surface area contributed by atoms with Crippen LogP contribution in [0.15, 0.2) is 54.9 Å². The molecule has 2 unspecified atom stereocenters. The minimum atomic E-state index is -2.06. The summed E-state index contributed by atoms with van der Waals surface area (Å²) in [6.45, 7) is 1.73. The molecule has 0 bridgehead atoms. The van der Waals surface area contributed by atoms with E-state index in [2.05, 4.69) is 4.98 Å². The molecule has 2 nitrogen and oxygen atoms in total. The summed E-state index contributed by atoms with van der Waals surface area (Å²) >= 11 is 0. The van der Waals surface area contributed by atoms with Crippen molar-refractivity contribution in [3.8, 4) is 0 Å². The van der Waals surface area contributed by atoms with Gasteiger partial charge in [-0.05, 0) is 24.8 Å². The van der Waals surface area contributed by atoms with Gasteiger partial charge in [-0.15, -0.1) is 0 Å². The van der Waals surface area contributed by atoms with E-state index in [0.29, 0.717) is 5.56 Å². The number of hydrogen-bond donors (Lipinski definition) is 1. The predicted molar refractivity (Wildman–Crippen MR) is 88.2 cm³/mol. The van der Waals surface area contributed by atoms with Crippen molar-refractivity contribution in [3.63, 3.8) is 0 Å². The Kier molecular flexibility index (Phi) is 4.65. The van der Waals surface area contributed by atoms with Gasteiger partial charge in [0.1, 0.15) is 5.60 Å². The molecular weight excluding hydrogens is 313 g/mol. The van der Waals surface area contributed by atoms with Crippen LogP contribution in [-0.2, 0) is 5.60 Å². The van der Waals surface area contributed by atoms with Crippen LogP contribution in [0.5, 0.6) is 0 Å². The molecule has 5 heteroatoms. The van der Waals surface area contributed by atoms with Crippen molar-refractivity contribution in [1.29, 1.82) is 0 Å². The minimum Gasteiger partial charge on any atom is -0.384 e. The molecule has 108 valence electrons. The summed E-state index contributed by atoms with van der Waals surface area (Å²) in [6, 6.07) is 13.3. The van der Waals surface area contributed by atoms with Crippen LogP contribution in [0.2, 0.25) is 0 Å². The maximum absolute atomic E-state index is 11.0. The average molecular weight is 330 g/mol. The summed E-state index contributed by atoms with van der Waals surface area (Å²) in [6.07, 6.45) is 5.10. The highest BCUT2D eigenvalue weighted by Gasteiger charge is 2.43. The number of pyridine rings is 1. The van der Waals surface area contributed by atoms with Gasteiger partial charge in [0.25, 0.3) is 0 Å². The predicted octanol–water partition coefficient (Wildman–Crippen LogP) is 4.77. The highest BCUT2D eigenvalue weighted by atomic mass is 36.0. The highest BCUT2D eigenvalue weighted by molar-refractivity contribution is 8.65. The molecule has 0 spiro atoms. The van der Waals surface area contributed by atoms with Gasteiger partial charge in [0.15, 0.2) is 0 Å². The largest absolute Gasteiger partial charge is 0.384 e. The normalized spacial score (nSPS) is 17.2. The van der Waals surface area contributed by atoms with Gasteiger partial charge in [0.05, 0.1) is 5.25 Å². The smallest absolute Gasteiger partial charge is 0.105 e. The molecular formula is C15H17Cl2NOS. The van der Waals surface area contributed by atoms with Crippen LogP contribution in [0.25, 0.3) is 0 Å². The van der Waals surface area contributed by atoms with Crippen molar-refractivity contribution < 1.29 is 5.11 Å². The molecule has 0 amide bonds. The average Bonchev–Trinajstić information content (AvgIpc) is 2.39. The third-order valence-electron chi connectivity index (χ3n) is 3.27. The van der Waals surface area contributed by atoms with Crippen LogP contribution in [0.3, 0.4) is 0 Å². The number of rotatable bonds is 4. The van der Waals surface area contributed by atoms with Gasteiger partial charge in [0.2, 0.25) is 0 Å². The van der Waals surface area contributed by atoms with Crippen molar-refractivity contribution in [2.24, 2.45) is 0 Å². The first-order valence-electron chi connectivity index (χ1n) is 6.17. The molecule has 1 heterocycles. The van der Waals surface area contributed by atoms with Gasteiger partial charge in [-0.3, -0.25) is 4.98 Å². The van der Waals surface area contributed by atoms with Gasteiger partial charge >= 0.3 is 0 Å². The number of nitrogens with zero attached hydrogens (tertiary/aromatic N) is 1. The van der Waals surface area contributed by atoms with Crippen LogP contribution in [0.1, 0.15) is 23.3 Å². The maximum Gasteiger partial charge on any atom is 0.105 e. The lowest BCUT2D eigenvalue weighted by Crippen LogP contribution is -2.31. The van der Waals surface area contributed by atoms with Crippen LogP contribution >= 0.6 is 29.8 Å². The van der Waals surface area contributed by atoms with E-state index in [1.807, 2.05) is 36.4 Å². The fourth-order valence-electron chi connectivity index (χ4n) is 2.41. The first-order chi connectivity index (χ1) is 9.33. The second kappa shape index (κ2) is 5.94. The maximum atomic E-state index is 11.0. The molecule has 0 saturated heterocycles. The van der Waals surface area contributed by atoms with Crippen LogP contribution in [-0.4, -0.2) is 16.3 Å². The van der Waals surface area contributed by atoms with Gasteiger partial charge in [0, 0.05) is 18.0 Å². The Morgan fingerprint density at radius 1 is 1.15 bits per heavy atom. The Morgan fingerprint density at radius 2 is 1.80 bits per heavy atom. The fraction of sp³-hybridized carbons (Fsp3) is 0.267. The van der Waals surface area contributed by atoms with Crippen LogP contribution < -0.4 is 0 Å². The van der Waals surface area contributed by atoms with E-state index in [1.54, 1.807) is 31.6 Å². The Bertz CT molecular complexity index is 555. The van der Waals surface area contributed by atoms with Crippen molar-refractivity contribution in [2.75, 3.05) is 6.26 Å². The van der Waals surface area contributed by atoms with E-state index < -0.39 is 19.3 Å². The quantitative estimate of drug-likeness (QED) is 0.876. The minimum absolute atomic E-state index is 0.399. The number of hydrogen-bond acceptors (Lipinski definition) is 2. The van der Waals surface area contributed by atoms with Crippen LogP contribution in [0.4, 0.5) is 0 Å². The van der Waals surface area contributed by atoms with Crippen molar-refractivity contribution in [2.45, 2.75) is 17.8 Å². The Hall–Kier alpha value is -0.740. The Labute approximate surface area is 130 Å². The van der Waals surface area contributed by atoms with E-state index >= 15 is 0 Å². The molecule has 20 heavy (non-hydrogen) atoms. The summed E-state index contributed by atoms with van der Waals surface area (Å²) in [7, 11) is 10.8. The molecule has 0 fully saturated rings. The monoisotopic (exact) mass is 329 g/mol. The van der Waals surface area contributed by atoms with Gasteiger partial charge in [-0.25, -0.2) is 0 Å². The van der Waals surface area contributed by atoms with E-state index in [-0.39, 0.29) is 0 Å². The molecule has 0 aliphatic heterocycles. The topological polar surface area (TPSA) is 33.1 Å². The zero-order valence-electron chi connectivity index (χ0n) is 11.3. The Balaban J connectivity index is 2.53. The number of halogens is 2. The van der Waals surface area contributed by atoms with Crippen LogP contribution in [0, 0.1) is 0 Å². The lowest BCUT2D eigenvalue weighted by molar-refractivity contribution is 0.0535. The van der Waals surface area contributed by atoms with E-state index in [1.165, 1.54) is 0 Å². The molecule has 1 aromatic heterocycles. The summed E-state index contributed by atoms with van der Waals surface area (Å²) in [4.78, 5) is 4.07. The summed E-state index contributed by atoms with van der Waals surface area (Å²) in [5.74, 6) is 0. The highest BCUT2D eigenvalue weighted by Crippen LogP contribution is 2.70. The second-order valence-electron chi connectivity index (χ2n) is 4.96. The SMILES string of the molecule is CC(O)(c1cccnc1)C(c1ccccc1)S(C)(Cl)Cl. The number of benzene rings is 1. The standard InChI is InChI=1S/C15H17Cl2NOS/c1-15(19,13-9-6-10-18-11-13)14(20(2,16)17)12-7-4-3-5-8-12/h3-11,14,19H,1-2H3. The third kappa shape index (κ3) is 3.29. The molecule has 2 rings (SSSR count). The van der Waals surface area contributed by atoms with Gasteiger partial charge in [-0.1, -0.05) is 66.2 Å². The molecule has 1 N–H and O–H groups in total. The first-order valence-corrected chi connectivity index (χ1v) is 9.93. The lowest BCUT2D eigenvalue weighted by atomic mass is 9.89. The van der Waals surface area contributed by atoms with Gasteiger partial charge in [-0.2, -0.15) is 0 Å². The van der Waals surface area contributed by atoms with E-state index in [4.69, 9.17) is 21.4 Å². The molecule has 0 aliphatic rings. The molecule has 0 radical (unpaired) electrons. The van der Waals surface area contributed by atoms with Crippen molar-refractivity contribution in [3.05, 3.63) is 66.0 Å². The van der Waals surface area contributed by atoms with E-state index in [9.17, 15) is 5.11 Å². The lowest BCUT2D eigenvalue weighted by Gasteiger charge is -2.41. The molecule has 0 aliphatic carbocycles. The first kappa shape index (κ1) is 15.6. The summed E-state index contributed by atoms with van der Waals surface area (Å²) < 4.78 is 0.